The van der Waals surface area contributed by atoms with Crippen LogP contribution in [0.4, 0.5) is 57.1 Å². The number of ether oxygens (including phenoxy) is 2. The lowest BCUT2D eigenvalue weighted by atomic mass is 9.57. The van der Waals surface area contributed by atoms with Crippen LogP contribution in [0.1, 0.15) is 79.7 Å². The maximum atomic E-state index is 14.3. The van der Waals surface area contributed by atoms with Crippen LogP contribution in [0.3, 0.4) is 0 Å². The second kappa shape index (κ2) is 13.0. The van der Waals surface area contributed by atoms with E-state index < -0.39 is 58.5 Å². The zero-order valence-electron chi connectivity index (χ0n) is 25.7. The number of benzene rings is 1. The minimum atomic E-state index is -7.91. The molecular weight excluding hydrogens is 643 g/mol. The topological polar surface area (TPSA) is 35.5 Å². The predicted molar refractivity (Wildman–Crippen MR) is 138 cm³/mol. The maximum Gasteiger partial charge on any atom is 0.460 e. The lowest BCUT2D eigenvalue weighted by Gasteiger charge is -2.47. The fourth-order valence-electron chi connectivity index (χ4n) is 5.06. The number of hydrogen-bond donors (Lipinski definition) is 0. The van der Waals surface area contributed by atoms with E-state index in [2.05, 4.69) is 4.74 Å². The average Bonchev–Trinajstić information content (AvgIpc) is 2.89. The summed E-state index contributed by atoms with van der Waals surface area (Å²) in [5, 5.41) is 0. The third-order valence-corrected chi connectivity index (χ3v) is 8.94. The third kappa shape index (κ3) is 7.44. The number of alkyl halides is 13. The van der Waals surface area contributed by atoms with Gasteiger partial charge in [0.2, 0.25) is 0 Å². The average molecular weight is 681 g/mol. The van der Waals surface area contributed by atoms with Crippen LogP contribution in [0.5, 0.6) is 5.75 Å². The molecule has 1 unspecified atom stereocenters. The molecule has 45 heavy (non-hydrogen) atoms. The summed E-state index contributed by atoms with van der Waals surface area (Å²) in [6, 6.07) is 2.01. The van der Waals surface area contributed by atoms with E-state index in [-0.39, 0.29) is 36.1 Å². The van der Waals surface area contributed by atoms with Gasteiger partial charge >= 0.3 is 41.9 Å². The Kier molecular flexibility index (Phi) is 11.7. The second-order valence-corrected chi connectivity index (χ2v) is 12.2. The third-order valence-electron chi connectivity index (χ3n) is 8.94. The Morgan fingerprint density at radius 2 is 1.09 bits per heavy atom. The van der Waals surface area contributed by atoms with Gasteiger partial charge in [0.1, 0.15) is 5.75 Å². The van der Waals surface area contributed by atoms with Gasteiger partial charge in [-0.05, 0) is 54.7 Å². The lowest BCUT2D eigenvalue weighted by Crippen LogP contribution is -2.77. The van der Waals surface area contributed by atoms with Gasteiger partial charge in [-0.15, -0.1) is 0 Å². The molecule has 0 aliphatic heterocycles. The second-order valence-electron chi connectivity index (χ2n) is 12.2. The Morgan fingerprint density at radius 3 is 1.44 bits per heavy atom. The van der Waals surface area contributed by atoms with Gasteiger partial charge in [-0.25, -0.2) is 0 Å². The number of hydrogen-bond acceptors (Lipinski definition) is 3. The summed E-state index contributed by atoms with van der Waals surface area (Å²) in [6.45, 7) is 13.2. The van der Waals surface area contributed by atoms with Crippen LogP contribution in [-0.4, -0.2) is 48.6 Å². The van der Waals surface area contributed by atoms with Crippen molar-refractivity contribution in [1.82, 2.24) is 0 Å². The van der Waals surface area contributed by atoms with E-state index in [9.17, 15) is 61.9 Å². The summed E-state index contributed by atoms with van der Waals surface area (Å²) in [4.78, 5) is 13.4. The van der Waals surface area contributed by atoms with Crippen molar-refractivity contribution in [2.75, 3.05) is 6.61 Å². The van der Waals surface area contributed by atoms with E-state index in [4.69, 9.17) is 4.74 Å². The molecule has 1 aromatic carbocycles. The monoisotopic (exact) mass is 680 g/mol. The molecule has 0 fully saturated rings. The summed E-state index contributed by atoms with van der Waals surface area (Å²) in [5.74, 6) is -18.0. The molecule has 262 valence electrons. The van der Waals surface area contributed by atoms with Gasteiger partial charge in [0.25, 0.3) is 0 Å². The van der Waals surface area contributed by atoms with E-state index in [0.717, 1.165) is 18.6 Å². The van der Waals surface area contributed by atoms with Crippen molar-refractivity contribution in [1.29, 1.82) is 0 Å². The van der Waals surface area contributed by atoms with Crippen molar-refractivity contribution in [3.05, 3.63) is 29.8 Å². The van der Waals surface area contributed by atoms with Gasteiger partial charge in [-0.2, -0.15) is 57.1 Å². The molecule has 0 amide bonds. The zero-order valence-corrected chi connectivity index (χ0v) is 25.7. The fourth-order valence-corrected chi connectivity index (χ4v) is 5.06. The SMILES string of the molecule is CCC(C)(C)CC(C)(C(=O)OCCc1ccc(OC(C(F)(F)F)(C(F)(F)F)C(F)(F)C(F)(F)C(F)(F)F)cc1)C(C)(CC)CC. The highest BCUT2D eigenvalue weighted by Gasteiger charge is 2.94. The first kappa shape index (κ1) is 40.6. The summed E-state index contributed by atoms with van der Waals surface area (Å²) in [7, 11) is 0. The molecule has 0 saturated carbocycles. The van der Waals surface area contributed by atoms with Gasteiger partial charge in [0.15, 0.2) is 0 Å². The first-order valence-electron chi connectivity index (χ1n) is 13.9. The molecular formula is C29H37F13O3. The lowest BCUT2D eigenvalue weighted by molar-refractivity contribution is -0.466. The first-order valence-corrected chi connectivity index (χ1v) is 13.9. The predicted octanol–water partition coefficient (Wildman–Crippen LogP) is 10.5. The highest BCUT2D eigenvalue weighted by atomic mass is 19.4. The van der Waals surface area contributed by atoms with Gasteiger partial charge < -0.3 is 9.47 Å². The van der Waals surface area contributed by atoms with Gasteiger partial charge in [-0.3, -0.25) is 4.79 Å². The number of carbonyl (C=O) groups excluding carboxylic acids is 1. The molecule has 16 heteroatoms. The zero-order chi connectivity index (χ0) is 35.7. The van der Waals surface area contributed by atoms with Crippen molar-refractivity contribution in [3.63, 3.8) is 0 Å². The summed E-state index contributed by atoms with van der Waals surface area (Å²) in [5.41, 5.74) is -8.93. The van der Waals surface area contributed by atoms with Crippen LogP contribution >= 0.6 is 0 Å². The molecule has 1 atom stereocenters. The Labute approximate surface area is 252 Å². The van der Waals surface area contributed by atoms with E-state index >= 15 is 0 Å². The van der Waals surface area contributed by atoms with Crippen molar-refractivity contribution in [2.24, 2.45) is 16.2 Å². The molecule has 0 aromatic heterocycles. The maximum absolute atomic E-state index is 14.3. The molecule has 0 aliphatic carbocycles. The number of esters is 1. The quantitative estimate of drug-likeness (QED) is 0.145. The van der Waals surface area contributed by atoms with Gasteiger partial charge in [0.05, 0.1) is 12.0 Å². The van der Waals surface area contributed by atoms with Crippen molar-refractivity contribution < 1.29 is 71.3 Å². The largest absolute Gasteiger partial charge is 0.465 e. The van der Waals surface area contributed by atoms with E-state index in [1.54, 1.807) is 6.92 Å². The van der Waals surface area contributed by atoms with Crippen molar-refractivity contribution >= 4 is 5.97 Å². The van der Waals surface area contributed by atoms with Crippen molar-refractivity contribution in [3.8, 4) is 5.75 Å². The first-order chi connectivity index (χ1) is 20.0. The fraction of sp³-hybridized carbons (Fsp3) is 0.759. The standard InChI is InChI=1S/C29H37F13O3/c1-8-21(4,5)17-23(7,22(6,9-2)10-3)20(43)44-16-15-18-11-13-19(14-12-18)45-24(27(34,35)36,28(37,38)39)25(30,31)26(32,33)29(40,41)42/h11-14H,8-10,15-17H2,1-7H3. The van der Waals surface area contributed by atoms with Crippen LogP contribution in [0.25, 0.3) is 0 Å². The molecule has 3 nitrogen and oxygen atoms in total. The Bertz CT molecular complexity index is 1120. The smallest absolute Gasteiger partial charge is 0.460 e. The van der Waals surface area contributed by atoms with E-state index in [0.29, 0.717) is 19.3 Å². The Hall–Kier alpha value is -2.42. The van der Waals surface area contributed by atoms with E-state index in [1.165, 1.54) is 0 Å². The van der Waals surface area contributed by atoms with Gasteiger partial charge in [-0.1, -0.05) is 60.1 Å². The van der Waals surface area contributed by atoms with Crippen LogP contribution < -0.4 is 4.74 Å². The van der Waals surface area contributed by atoms with Crippen LogP contribution in [-0.2, 0) is 16.0 Å². The molecule has 0 spiro atoms. The highest BCUT2D eigenvalue weighted by molar-refractivity contribution is 5.77. The normalized spacial score (nSPS) is 15.9. The molecule has 1 aromatic rings. The Balaban J connectivity index is 3.37. The minimum absolute atomic E-state index is 0.0662. The number of rotatable bonds is 14. The number of carbonyl (C=O) groups is 1. The van der Waals surface area contributed by atoms with E-state index in [1.807, 2.05) is 41.5 Å². The summed E-state index contributed by atoms with van der Waals surface area (Å²) >= 11 is 0. The highest BCUT2D eigenvalue weighted by Crippen LogP contribution is 2.61. The molecule has 0 radical (unpaired) electrons. The Morgan fingerprint density at radius 1 is 0.644 bits per heavy atom. The van der Waals surface area contributed by atoms with Crippen molar-refractivity contribution in [2.45, 2.75) is 117 Å². The molecule has 0 saturated heterocycles. The molecule has 0 aliphatic rings. The molecule has 0 bridgehead atoms. The van der Waals surface area contributed by atoms with Crippen LogP contribution in [0.15, 0.2) is 24.3 Å². The minimum Gasteiger partial charge on any atom is -0.465 e. The van der Waals surface area contributed by atoms with Gasteiger partial charge in [0, 0.05) is 6.42 Å². The molecule has 0 heterocycles. The summed E-state index contributed by atoms with van der Waals surface area (Å²) < 4.78 is 184. The number of halogens is 13. The van der Waals surface area contributed by atoms with Crippen LogP contribution in [0, 0.1) is 16.2 Å². The van der Waals surface area contributed by atoms with Crippen LogP contribution in [0.2, 0.25) is 0 Å². The summed E-state index contributed by atoms with van der Waals surface area (Å²) in [6.07, 6.45) is -20.3. The molecule has 0 N–H and O–H groups in total. The molecule has 1 rings (SSSR count).